The zero-order chi connectivity index (χ0) is 22.1. The summed E-state index contributed by atoms with van der Waals surface area (Å²) in [5.41, 5.74) is 4.91. The van der Waals surface area contributed by atoms with E-state index in [0.717, 1.165) is 52.2 Å². The van der Waals surface area contributed by atoms with Crippen molar-refractivity contribution in [3.8, 4) is 22.6 Å². The van der Waals surface area contributed by atoms with Crippen LogP contribution in [0.3, 0.4) is 0 Å². The van der Waals surface area contributed by atoms with Gasteiger partial charge in [0.25, 0.3) is 0 Å². The third-order valence-electron chi connectivity index (χ3n) is 6.27. The van der Waals surface area contributed by atoms with E-state index in [1.165, 1.54) is 0 Å². The Bertz CT molecular complexity index is 1190. The third-order valence-corrected chi connectivity index (χ3v) is 6.82. The smallest absolute Gasteiger partial charge is 0.231 e. The highest BCUT2D eigenvalue weighted by Gasteiger charge is 2.50. The molecular weight excluding hydrogens is 438 g/mol. The van der Waals surface area contributed by atoms with Crippen LogP contribution in [-0.2, 0) is 34.2 Å². The van der Waals surface area contributed by atoms with Gasteiger partial charge in [-0.25, -0.2) is 8.93 Å². The van der Waals surface area contributed by atoms with Crippen LogP contribution in [0.15, 0.2) is 66.7 Å². The minimum Gasteiger partial charge on any atom is -0.454 e. The molecule has 3 N–H and O–H groups in total. The molecule has 3 aromatic carbocycles. The third kappa shape index (κ3) is 4.85. The summed E-state index contributed by atoms with van der Waals surface area (Å²) >= 11 is 0. The van der Waals surface area contributed by atoms with E-state index >= 15 is 0 Å². The van der Waals surface area contributed by atoms with Crippen molar-refractivity contribution in [1.29, 1.82) is 0 Å². The largest absolute Gasteiger partial charge is 0.454 e. The molecule has 1 aliphatic heterocycles. The van der Waals surface area contributed by atoms with Gasteiger partial charge in [-0.15, -0.1) is 0 Å². The maximum atomic E-state index is 13.3. The van der Waals surface area contributed by atoms with Gasteiger partial charge in [-0.05, 0) is 52.8 Å². The molecule has 33 heavy (non-hydrogen) atoms. The topological polar surface area (TPSA) is 96.1 Å². The van der Waals surface area contributed by atoms with E-state index in [4.69, 9.17) is 9.47 Å². The molecule has 0 aromatic heterocycles. The van der Waals surface area contributed by atoms with Crippen LogP contribution in [0.25, 0.3) is 11.1 Å². The lowest BCUT2D eigenvalue weighted by Crippen LogP contribution is -2.22. The molecule has 1 unspecified atom stereocenters. The van der Waals surface area contributed by atoms with Crippen LogP contribution in [0, 0.1) is 0 Å². The van der Waals surface area contributed by atoms with Gasteiger partial charge in [0.05, 0.1) is 16.4 Å². The first-order valence-corrected chi connectivity index (χ1v) is 12.3. The molecule has 1 aliphatic carbocycles. The monoisotopic (exact) mass is 465 g/mol. The second-order valence-electron chi connectivity index (χ2n) is 8.42. The normalized spacial score (nSPS) is 16.0. The Labute approximate surface area is 195 Å². The first-order chi connectivity index (χ1) is 15.5. The predicted molar refractivity (Wildman–Crippen MR) is 129 cm³/mol. The Balaban J connectivity index is 0.00000259. The minimum atomic E-state index is -1.03. The molecule has 2 aliphatic rings. The molecule has 172 valence electrons. The number of ether oxygens (including phenoxy) is 2. The number of carbonyl (C=O) groups is 1. The summed E-state index contributed by atoms with van der Waals surface area (Å²) in [6, 6.07) is 22.3. The van der Waals surface area contributed by atoms with Gasteiger partial charge in [0.2, 0.25) is 6.79 Å². The van der Waals surface area contributed by atoms with Gasteiger partial charge in [0.1, 0.15) is 5.78 Å². The predicted octanol–water partition coefficient (Wildman–Crippen LogP) is 3.48. The van der Waals surface area contributed by atoms with Crippen molar-refractivity contribution in [1.82, 2.24) is 4.72 Å². The van der Waals surface area contributed by atoms with Gasteiger partial charge in [-0.1, -0.05) is 54.6 Å². The summed E-state index contributed by atoms with van der Waals surface area (Å²) < 4.78 is 25.0. The van der Waals surface area contributed by atoms with Gasteiger partial charge in [-0.2, -0.15) is 0 Å². The Hall–Kier alpha value is -3.00. The number of ketones is 1. The minimum absolute atomic E-state index is 0. The Morgan fingerprint density at radius 1 is 0.939 bits per heavy atom. The van der Waals surface area contributed by atoms with Crippen LogP contribution < -0.4 is 14.2 Å². The fourth-order valence-electron chi connectivity index (χ4n) is 4.26. The van der Waals surface area contributed by atoms with Crippen molar-refractivity contribution < 1.29 is 24.0 Å². The van der Waals surface area contributed by atoms with Crippen LogP contribution >= 0.6 is 0 Å². The van der Waals surface area contributed by atoms with Gasteiger partial charge in [0, 0.05) is 19.2 Å². The SMILES string of the molecule is CS(=O)NCc1ccc(-c2cccc(CC(=O)C3(c4ccc5c(c4)OCO5)CC3)c2)cc1.O. The number of benzene rings is 3. The van der Waals surface area contributed by atoms with Crippen LogP contribution in [-0.4, -0.2) is 28.5 Å². The first-order valence-electron chi connectivity index (χ1n) is 10.7. The zero-order valence-electron chi connectivity index (χ0n) is 18.4. The highest BCUT2D eigenvalue weighted by atomic mass is 32.2. The van der Waals surface area contributed by atoms with Crippen molar-refractivity contribution in [3.05, 3.63) is 83.4 Å². The molecular formula is C26H27NO5S. The summed E-state index contributed by atoms with van der Waals surface area (Å²) in [5, 5.41) is 0. The van der Waals surface area contributed by atoms with Gasteiger partial charge in [-0.3, -0.25) is 4.79 Å². The molecule has 3 aromatic rings. The van der Waals surface area contributed by atoms with E-state index in [1.807, 2.05) is 42.5 Å². The molecule has 5 rings (SSSR count). The van der Waals surface area contributed by atoms with Crippen molar-refractivity contribution in [2.24, 2.45) is 0 Å². The molecule has 1 saturated carbocycles. The van der Waals surface area contributed by atoms with Gasteiger partial charge >= 0.3 is 0 Å². The summed E-state index contributed by atoms with van der Waals surface area (Å²) in [5.74, 6) is 1.73. The fourth-order valence-corrected chi connectivity index (χ4v) is 4.63. The Kier molecular flexibility index (Phi) is 6.65. The number of Topliss-reactive ketones (excluding diaryl/α,β-unsaturated/α-hetero) is 1. The van der Waals surface area contributed by atoms with E-state index < -0.39 is 16.4 Å². The molecule has 0 spiro atoms. The van der Waals surface area contributed by atoms with E-state index in [9.17, 15) is 9.00 Å². The molecule has 1 fully saturated rings. The maximum Gasteiger partial charge on any atom is 0.231 e. The summed E-state index contributed by atoms with van der Waals surface area (Å²) in [6.07, 6.45) is 3.79. The van der Waals surface area contributed by atoms with Crippen molar-refractivity contribution in [2.75, 3.05) is 13.0 Å². The van der Waals surface area contributed by atoms with Crippen molar-refractivity contribution in [2.45, 2.75) is 31.2 Å². The fraction of sp³-hybridized carbons (Fsp3) is 0.269. The van der Waals surface area contributed by atoms with E-state index in [1.54, 1.807) is 6.26 Å². The summed E-state index contributed by atoms with van der Waals surface area (Å²) in [4.78, 5) is 13.3. The molecule has 0 bridgehead atoms. The molecule has 0 amide bonds. The van der Waals surface area contributed by atoms with Crippen molar-refractivity contribution in [3.63, 3.8) is 0 Å². The molecule has 0 saturated heterocycles. The van der Waals surface area contributed by atoms with Crippen LogP contribution in [0.2, 0.25) is 0 Å². The van der Waals surface area contributed by atoms with E-state index in [0.29, 0.717) is 13.0 Å². The standard InChI is InChI=1S/C26H25NO4S.H2O/c1-32(29)27-16-18-5-7-20(8-6-18)21-4-2-3-19(13-21)14-25(28)26(11-12-26)22-9-10-23-24(15-22)31-17-30-23;/h2-10,13,15,27H,11-12,14,16-17H2,1H3;1H2. The molecule has 1 atom stereocenters. The lowest BCUT2D eigenvalue weighted by atomic mass is 9.87. The number of carbonyl (C=O) groups excluding carboxylic acids is 1. The Morgan fingerprint density at radius 2 is 1.70 bits per heavy atom. The second kappa shape index (κ2) is 9.47. The summed E-state index contributed by atoms with van der Waals surface area (Å²) in [6.45, 7) is 0.808. The number of rotatable bonds is 8. The number of fused-ring (bicyclic) bond motifs is 1. The maximum absolute atomic E-state index is 13.3. The average Bonchev–Trinajstić information content (AvgIpc) is 3.49. The lowest BCUT2D eigenvalue weighted by Gasteiger charge is -2.15. The molecule has 7 heteroatoms. The highest BCUT2D eigenvalue weighted by Crippen LogP contribution is 2.51. The number of hydrogen-bond acceptors (Lipinski definition) is 4. The number of nitrogens with one attached hydrogen (secondary N) is 1. The van der Waals surface area contributed by atoms with Crippen LogP contribution in [0.5, 0.6) is 11.5 Å². The second-order valence-corrected chi connectivity index (χ2v) is 9.62. The first kappa shape index (κ1) is 23.2. The van der Waals surface area contributed by atoms with Crippen LogP contribution in [0.1, 0.15) is 29.5 Å². The lowest BCUT2D eigenvalue weighted by molar-refractivity contribution is -0.120. The van der Waals surface area contributed by atoms with Gasteiger partial charge < -0.3 is 14.9 Å². The molecule has 6 nitrogen and oxygen atoms in total. The summed E-state index contributed by atoms with van der Waals surface area (Å²) in [7, 11) is -1.03. The van der Waals surface area contributed by atoms with Gasteiger partial charge in [0.15, 0.2) is 11.5 Å². The van der Waals surface area contributed by atoms with Crippen molar-refractivity contribution >= 4 is 16.8 Å². The highest BCUT2D eigenvalue weighted by molar-refractivity contribution is 7.82. The van der Waals surface area contributed by atoms with Crippen LogP contribution in [0.4, 0.5) is 0 Å². The molecule has 1 heterocycles. The quantitative estimate of drug-likeness (QED) is 0.551. The number of hydrogen-bond donors (Lipinski definition) is 1. The Morgan fingerprint density at radius 3 is 2.42 bits per heavy atom. The zero-order valence-corrected chi connectivity index (χ0v) is 19.2. The average molecular weight is 466 g/mol. The van der Waals surface area contributed by atoms with E-state index in [-0.39, 0.29) is 18.1 Å². The van der Waals surface area contributed by atoms with E-state index in [2.05, 4.69) is 29.0 Å². The molecule has 0 radical (unpaired) electrons.